The van der Waals surface area contributed by atoms with Gasteiger partial charge in [0.2, 0.25) is 5.91 Å². The predicted octanol–water partition coefficient (Wildman–Crippen LogP) is 0.827. The van der Waals surface area contributed by atoms with E-state index in [-0.39, 0.29) is 19.1 Å². The molecule has 0 bridgehead atoms. The van der Waals surface area contributed by atoms with Crippen LogP contribution >= 0.6 is 0 Å². The molecule has 20 heavy (non-hydrogen) atoms. The fourth-order valence-electron chi connectivity index (χ4n) is 1.20. The molecule has 6 nitrogen and oxygen atoms in total. The molecule has 1 N–H and O–H groups in total. The third-order valence-electron chi connectivity index (χ3n) is 2.04. The van der Waals surface area contributed by atoms with Gasteiger partial charge in [0.25, 0.3) is 0 Å². The average Bonchev–Trinajstić information content (AvgIpc) is 2.42. The standard InChI is InChI=1S/C14H15NO5/c1-11(16)15-9-10-19-13(17)7-8-14(18)20-12-5-3-2-4-6-12/h2-8H,9-10H2,1H3,(H,15,16)/b8-7+. The number of hydrogen-bond donors (Lipinski definition) is 1. The van der Waals surface area contributed by atoms with Crippen molar-refractivity contribution in [2.24, 2.45) is 0 Å². The first-order chi connectivity index (χ1) is 9.58. The number of para-hydroxylation sites is 1. The molecule has 0 saturated heterocycles. The van der Waals surface area contributed by atoms with Crippen molar-refractivity contribution < 1.29 is 23.9 Å². The van der Waals surface area contributed by atoms with Crippen LogP contribution in [0, 0.1) is 0 Å². The number of rotatable bonds is 6. The van der Waals surface area contributed by atoms with Crippen molar-refractivity contribution in [1.82, 2.24) is 5.32 Å². The van der Waals surface area contributed by atoms with Crippen molar-refractivity contribution in [2.45, 2.75) is 6.92 Å². The number of nitrogens with one attached hydrogen (secondary N) is 1. The number of esters is 2. The monoisotopic (exact) mass is 277 g/mol. The Morgan fingerprint density at radius 3 is 2.40 bits per heavy atom. The molecular formula is C14H15NO5. The molecule has 0 aromatic heterocycles. The lowest BCUT2D eigenvalue weighted by Gasteiger charge is -2.02. The van der Waals surface area contributed by atoms with Crippen LogP contribution in [0.15, 0.2) is 42.5 Å². The van der Waals surface area contributed by atoms with E-state index >= 15 is 0 Å². The minimum atomic E-state index is -0.680. The summed E-state index contributed by atoms with van der Waals surface area (Å²) in [6, 6.07) is 8.49. The van der Waals surface area contributed by atoms with Crippen LogP contribution in [-0.2, 0) is 19.1 Å². The highest BCUT2D eigenvalue weighted by Gasteiger charge is 2.02. The molecule has 0 fully saturated rings. The number of benzene rings is 1. The van der Waals surface area contributed by atoms with Gasteiger partial charge in [0.05, 0.1) is 6.54 Å². The molecule has 1 aromatic rings. The molecule has 0 aliphatic carbocycles. The van der Waals surface area contributed by atoms with Crippen LogP contribution in [-0.4, -0.2) is 31.0 Å². The van der Waals surface area contributed by atoms with E-state index in [1.165, 1.54) is 6.92 Å². The molecule has 0 aliphatic heterocycles. The zero-order chi connectivity index (χ0) is 14.8. The SMILES string of the molecule is CC(=O)NCCOC(=O)/C=C/C(=O)Oc1ccccc1. The summed E-state index contributed by atoms with van der Waals surface area (Å²) in [4.78, 5) is 33.1. The van der Waals surface area contributed by atoms with E-state index in [0.29, 0.717) is 5.75 Å². The Kier molecular flexibility index (Phi) is 6.53. The second-order valence-electron chi connectivity index (χ2n) is 3.72. The number of carbonyl (C=O) groups is 3. The molecule has 106 valence electrons. The highest BCUT2D eigenvalue weighted by molar-refractivity contribution is 5.92. The minimum Gasteiger partial charge on any atom is -0.461 e. The number of carbonyl (C=O) groups excluding carboxylic acids is 3. The molecule has 0 saturated carbocycles. The van der Waals surface area contributed by atoms with Gasteiger partial charge in [0.15, 0.2) is 0 Å². The third kappa shape index (κ3) is 6.95. The highest BCUT2D eigenvalue weighted by atomic mass is 16.5. The number of amides is 1. The Morgan fingerprint density at radius 2 is 1.75 bits per heavy atom. The molecule has 0 spiro atoms. The van der Waals surface area contributed by atoms with E-state index in [0.717, 1.165) is 12.2 Å². The first-order valence-corrected chi connectivity index (χ1v) is 5.94. The van der Waals surface area contributed by atoms with Crippen LogP contribution in [0.25, 0.3) is 0 Å². The maximum Gasteiger partial charge on any atom is 0.336 e. The van der Waals surface area contributed by atoms with Gasteiger partial charge < -0.3 is 14.8 Å². The number of ether oxygens (including phenoxy) is 2. The van der Waals surface area contributed by atoms with Crippen molar-refractivity contribution >= 4 is 17.8 Å². The zero-order valence-electron chi connectivity index (χ0n) is 11.0. The van der Waals surface area contributed by atoms with Gasteiger partial charge in [-0.2, -0.15) is 0 Å². The van der Waals surface area contributed by atoms with Gasteiger partial charge >= 0.3 is 11.9 Å². The summed E-state index contributed by atoms with van der Waals surface area (Å²) in [7, 11) is 0. The van der Waals surface area contributed by atoms with Gasteiger partial charge in [-0.1, -0.05) is 18.2 Å². The lowest BCUT2D eigenvalue weighted by Crippen LogP contribution is -2.25. The molecule has 0 heterocycles. The fraction of sp³-hybridized carbons (Fsp3) is 0.214. The van der Waals surface area contributed by atoms with Crippen molar-refractivity contribution in [3.05, 3.63) is 42.5 Å². The van der Waals surface area contributed by atoms with E-state index in [2.05, 4.69) is 5.32 Å². The maximum atomic E-state index is 11.4. The Labute approximate surface area is 116 Å². The van der Waals surface area contributed by atoms with Gasteiger partial charge in [0, 0.05) is 19.1 Å². The molecule has 6 heteroatoms. The van der Waals surface area contributed by atoms with E-state index in [9.17, 15) is 14.4 Å². The molecule has 1 amide bonds. The van der Waals surface area contributed by atoms with Gasteiger partial charge in [-0.3, -0.25) is 4.79 Å². The molecular weight excluding hydrogens is 262 g/mol. The number of hydrogen-bond acceptors (Lipinski definition) is 5. The Morgan fingerprint density at radius 1 is 1.10 bits per heavy atom. The van der Waals surface area contributed by atoms with Gasteiger partial charge in [0.1, 0.15) is 12.4 Å². The van der Waals surface area contributed by atoms with Crippen LogP contribution in [0.1, 0.15) is 6.92 Å². The van der Waals surface area contributed by atoms with Gasteiger partial charge in [-0.25, -0.2) is 9.59 Å². The quantitative estimate of drug-likeness (QED) is 0.360. The normalized spacial score (nSPS) is 10.1. The first-order valence-electron chi connectivity index (χ1n) is 5.94. The summed E-state index contributed by atoms with van der Waals surface area (Å²) in [6.07, 6.45) is 1.95. The van der Waals surface area contributed by atoms with Crippen molar-refractivity contribution in [1.29, 1.82) is 0 Å². The Balaban J connectivity index is 2.27. The van der Waals surface area contributed by atoms with Crippen molar-refractivity contribution in [2.75, 3.05) is 13.2 Å². The van der Waals surface area contributed by atoms with Crippen LogP contribution in [0.2, 0.25) is 0 Å². The molecule has 0 radical (unpaired) electrons. The summed E-state index contributed by atoms with van der Waals surface area (Å²) in [5, 5.41) is 2.47. The molecule has 0 unspecified atom stereocenters. The molecule has 1 rings (SSSR count). The average molecular weight is 277 g/mol. The Hall–Kier alpha value is -2.63. The fourth-order valence-corrected chi connectivity index (χ4v) is 1.20. The van der Waals surface area contributed by atoms with Crippen LogP contribution in [0.4, 0.5) is 0 Å². The van der Waals surface area contributed by atoms with Crippen molar-refractivity contribution in [3.63, 3.8) is 0 Å². The Bertz CT molecular complexity index is 496. The third-order valence-corrected chi connectivity index (χ3v) is 2.04. The molecule has 0 aliphatic rings. The smallest absolute Gasteiger partial charge is 0.336 e. The predicted molar refractivity (Wildman–Crippen MR) is 70.9 cm³/mol. The topological polar surface area (TPSA) is 81.7 Å². The second kappa shape index (κ2) is 8.47. The molecule has 1 aromatic carbocycles. The van der Waals surface area contributed by atoms with Gasteiger partial charge in [-0.05, 0) is 12.1 Å². The van der Waals surface area contributed by atoms with E-state index in [1.54, 1.807) is 30.3 Å². The molecule has 0 atom stereocenters. The van der Waals surface area contributed by atoms with E-state index in [1.807, 2.05) is 0 Å². The van der Waals surface area contributed by atoms with Crippen LogP contribution < -0.4 is 10.1 Å². The van der Waals surface area contributed by atoms with E-state index in [4.69, 9.17) is 9.47 Å². The first kappa shape index (κ1) is 15.4. The van der Waals surface area contributed by atoms with Crippen LogP contribution in [0.5, 0.6) is 5.75 Å². The lowest BCUT2D eigenvalue weighted by atomic mass is 10.3. The lowest BCUT2D eigenvalue weighted by molar-refractivity contribution is -0.138. The summed E-state index contributed by atoms with van der Waals surface area (Å²) in [6.45, 7) is 1.63. The maximum absolute atomic E-state index is 11.4. The highest BCUT2D eigenvalue weighted by Crippen LogP contribution is 2.08. The van der Waals surface area contributed by atoms with Gasteiger partial charge in [-0.15, -0.1) is 0 Å². The van der Waals surface area contributed by atoms with E-state index < -0.39 is 11.9 Å². The largest absolute Gasteiger partial charge is 0.461 e. The summed E-state index contributed by atoms with van der Waals surface area (Å²) < 4.78 is 9.68. The second-order valence-corrected chi connectivity index (χ2v) is 3.72. The minimum absolute atomic E-state index is 0.0382. The zero-order valence-corrected chi connectivity index (χ0v) is 11.0. The summed E-state index contributed by atoms with van der Waals surface area (Å²) in [5.74, 6) is -1.17. The summed E-state index contributed by atoms with van der Waals surface area (Å²) >= 11 is 0. The van der Waals surface area contributed by atoms with Crippen LogP contribution in [0.3, 0.4) is 0 Å². The summed E-state index contributed by atoms with van der Waals surface area (Å²) in [5.41, 5.74) is 0. The van der Waals surface area contributed by atoms with Crippen molar-refractivity contribution in [3.8, 4) is 5.75 Å².